The molecule has 7 nitrogen and oxygen atoms in total. The van der Waals surface area contributed by atoms with E-state index in [1.165, 1.54) is 0 Å². The van der Waals surface area contributed by atoms with E-state index in [0.717, 1.165) is 11.4 Å². The summed E-state index contributed by atoms with van der Waals surface area (Å²) in [6.07, 6.45) is 3.45. The Hall–Kier alpha value is -3.61. The first-order chi connectivity index (χ1) is 13.0. The molecule has 7 heteroatoms. The van der Waals surface area contributed by atoms with E-state index < -0.39 is 0 Å². The zero-order valence-electron chi connectivity index (χ0n) is 15.1. The van der Waals surface area contributed by atoms with Gasteiger partial charge in [0.1, 0.15) is 5.82 Å². The van der Waals surface area contributed by atoms with Gasteiger partial charge in [-0.25, -0.2) is 9.78 Å². The van der Waals surface area contributed by atoms with Crippen molar-refractivity contribution in [2.24, 2.45) is 0 Å². The fourth-order valence-electron chi connectivity index (χ4n) is 2.51. The molecule has 4 N–H and O–H groups in total. The van der Waals surface area contributed by atoms with Gasteiger partial charge in [0.15, 0.2) is 0 Å². The summed E-state index contributed by atoms with van der Waals surface area (Å²) in [6.45, 7) is 3.75. The second kappa shape index (κ2) is 8.18. The first kappa shape index (κ1) is 18.2. The number of nitrogens with zero attached hydrogens (tertiary/aromatic N) is 1. The van der Waals surface area contributed by atoms with Crippen LogP contribution in [0.5, 0.6) is 0 Å². The number of urea groups is 1. The summed E-state index contributed by atoms with van der Waals surface area (Å²) in [5, 5.41) is 8.30. The van der Waals surface area contributed by atoms with Crippen molar-refractivity contribution in [2.45, 2.75) is 19.9 Å². The van der Waals surface area contributed by atoms with Crippen LogP contribution in [0, 0.1) is 0 Å². The van der Waals surface area contributed by atoms with Gasteiger partial charge in [0.2, 0.25) is 0 Å². The number of aromatic amines is 1. The smallest absolute Gasteiger partial charge is 0.319 e. The molecule has 2 aromatic carbocycles. The number of hydrogen-bond acceptors (Lipinski definition) is 3. The summed E-state index contributed by atoms with van der Waals surface area (Å²) in [4.78, 5) is 31.5. The minimum Gasteiger partial charge on any atom is -0.345 e. The lowest BCUT2D eigenvalue weighted by Crippen LogP contribution is -2.34. The number of amides is 3. The first-order valence-corrected chi connectivity index (χ1v) is 8.60. The number of aromatic nitrogens is 2. The van der Waals surface area contributed by atoms with Crippen molar-refractivity contribution in [3.05, 3.63) is 66.5 Å². The maximum Gasteiger partial charge on any atom is 0.319 e. The van der Waals surface area contributed by atoms with E-state index in [1.807, 2.05) is 38.1 Å². The minimum atomic E-state index is -0.309. The van der Waals surface area contributed by atoms with Crippen LogP contribution in [-0.2, 0) is 0 Å². The summed E-state index contributed by atoms with van der Waals surface area (Å²) in [5.41, 5.74) is 2.60. The summed E-state index contributed by atoms with van der Waals surface area (Å²) in [5.74, 6) is 0.514. The quantitative estimate of drug-likeness (QED) is 0.554. The Labute approximate surface area is 157 Å². The third-order valence-corrected chi connectivity index (χ3v) is 3.72. The molecule has 0 radical (unpaired) electrons. The molecule has 0 unspecified atom stereocenters. The van der Waals surface area contributed by atoms with Crippen molar-refractivity contribution in [3.63, 3.8) is 0 Å². The van der Waals surface area contributed by atoms with Gasteiger partial charge in [0.25, 0.3) is 5.91 Å². The third-order valence-electron chi connectivity index (χ3n) is 3.72. The molecule has 27 heavy (non-hydrogen) atoms. The largest absolute Gasteiger partial charge is 0.345 e. The molecule has 0 aliphatic carbocycles. The van der Waals surface area contributed by atoms with Crippen molar-refractivity contribution in [1.29, 1.82) is 0 Å². The highest BCUT2D eigenvalue weighted by atomic mass is 16.2. The first-order valence-electron chi connectivity index (χ1n) is 8.60. The lowest BCUT2D eigenvalue weighted by Gasteiger charge is -2.11. The Morgan fingerprint density at radius 2 is 1.78 bits per heavy atom. The molecule has 0 saturated heterocycles. The molecular weight excluding hydrogens is 342 g/mol. The van der Waals surface area contributed by atoms with Crippen LogP contribution < -0.4 is 16.0 Å². The van der Waals surface area contributed by atoms with Crippen LogP contribution >= 0.6 is 0 Å². The Bertz CT molecular complexity index is 918. The van der Waals surface area contributed by atoms with Gasteiger partial charge in [0.05, 0.1) is 0 Å². The van der Waals surface area contributed by atoms with Gasteiger partial charge < -0.3 is 20.9 Å². The standard InChI is InChI=1S/C20H21N5O2/c1-13(2)23-20(27)25-17-5-3-4-15(12-17)19(26)24-16-8-6-14(7-9-16)18-21-10-11-22-18/h3-13H,1-2H3,(H,21,22)(H,24,26)(H2,23,25,27). The van der Waals surface area contributed by atoms with Crippen LogP contribution in [-0.4, -0.2) is 27.9 Å². The van der Waals surface area contributed by atoms with Crippen LogP contribution in [0.25, 0.3) is 11.4 Å². The molecule has 1 heterocycles. The van der Waals surface area contributed by atoms with Crippen LogP contribution in [0.2, 0.25) is 0 Å². The van der Waals surface area contributed by atoms with Crippen LogP contribution in [0.1, 0.15) is 24.2 Å². The normalized spacial score (nSPS) is 10.5. The number of carbonyl (C=O) groups is 2. The van der Waals surface area contributed by atoms with E-state index in [0.29, 0.717) is 16.9 Å². The zero-order valence-corrected chi connectivity index (χ0v) is 15.1. The number of benzene rings is 2. The predicted octanol–water partition coefficient (Wildman–Crippen LogP) is 3.86. The maximum absolute atomic E-state index is 12.5. The van der Waals surface area contributed by atoms with Gasteiger partial charge in [-0.2, -0.15) is 0 Å². The molecule has 0 saturated carbocycles. The van der Waals surface area contributed by atoms with Crippen LogP contribution in [0.15, 0.2) is 60.9 Å². The summed E-state index contributed by atoms with van der Waals surface area (Å²) in [6, 6.07) is 13.9. The molecule has 0 bridgehead atoms. The number of anilines is 2. The SMILES string of the molecule is CC(C)NC(=O)Nc1cccc(C(=O)Nc2ccc(-c3ncc[nH]3)cc2)c1. The van der Waals surface area contributed by atoms with Crippen LogP contribution in [0.3, 0.4) is 0 Å². The number of imidazole rings is 1. The molecule has 0 fully saturated rings. The average molecular weight is 363 g/mol. The third kappa shape index (κ3) is 4.94. The lowest BCUT2D eigenvalue weighted by atomic mass is 10.1. The van der Waals surface area contributed by atoms with Crippen molar-refractivity contribution in [1.82, 2.24) is 15.3 Å². The maximum atomic E-state index is 12.5. The molecule has 1 aromatic heterocycles. The van der Waals surface area contributed by atoms with Crippen molar-refractivity contribution >= 4 is 23.3 Å². The minimum absolute atomic E-state index is 0.0284. The molecule has 3 aromatic rings. The zero-order chi connectivity index (χ0) is 19.2. The Kier molecular flexibility index (Phi) is 5.51. The topological polar surface area (TPSA) is 98.9 Å². The van der Waals surface area contributed by atoms with Gasteiger partial charge in [-0.05, 0) is 56.3 Å². The predicted molar refractivity (Wildman–Crippen MR) is 106 cm³/mol. The highest BCUT2D eigenvalue weighted by Gasteiger charge is 2.09. The average Bonchev–Trinajstić information content (AvgIpc) is 3.16. The number of carbonyl (C=O) groups excluding carboxylic acids is 2. The molecule has 0 aliphatic heterocycles. The second-order valence-corrected chi connectivity index (χ2v) is 6.30. The molecule has 0 spiro atoms. The van der Waals surface area contributed by atoms with Crippen molar-refractivity contribution < 1.29 is 9.59 Å². The molecule has 138 valence electrons. The Balaban J connectivity index is 1.65. The van der Waals surface area contributed by atoms with E-state index in [-0.39, 0.29) is 18.0 Å². The van der Waals surface area contributed by atoms with Gasteiger partial charge in [-0.1, -0.05) is 6.07 Å². The highest BCUT2D eigenvalue weighted by molar-refractivity contribution is 6.05. The van der Waals surface area contributed by atoms with Gasteiger partial charge in [0, 0.05) is 40.9 Å². The van der Waals surface area contributed by atoms with E-state index >= 15 is 0 Å². The summed E-state index contributed by atoms with van der Waals surface area (Å²) >= 11 is 0. The van der Waals surface area contributed by atoms with Gasteiger partial charge in [-0.15, -0.1) is 0 Å². The Morgan fingerprint density at radius 3 is 2.44 bits per heavy atom. The highest BCUT2D eigenvalue weighted by Crippen LogP contribution is 2.19. The van der Waals surface area contributed by atoms with E-state index in [1.54, 1.807) is 36.7 Å². The summed E-state index contributed by atoms with van der Waals surface area (Å²) < 4.78 is 0. The fourth-order valence-corrected chi connectivity index (χ4v) is 2.51. The number of H-pyrrole nitrogens is 1. The van der Waals surface area contributed by atoms with E-state index in [4.69, 9.17) is 0 Å². The Morgan fingerprint density at radius 1 is 1.00 bits per heavy atom. The van der Waals surface area contributed by atoms with Gasteiger partial charge in [-0.3, -0.25) is 4.79 Å². The summed E-state index contributed by atoms with van der Waals surface area (Å²) in [7, 11) is 0. The number of hydrogen-bond donors (Lipinski definition) is 4. The van der Waals surface area contributed by atoms with Crippen molar-refractivity contribution in [3.8, 4) is 11.4 Å². The number of nitrogens with one attached hydrogen (secondary N) is 4. The van der Waals surface area contributed by atoms with Gasteiger partial charge >= 0.3 is 6.03 Å². The fraction of sp³-hybridized carbons (Fsp3) is 0.150. The molecular formula is C20H21N5O2. The van der Waals surface area contributed by atoms with Crippen molar-refractivity contribution in [2.75, 3.05) is 10.6 Å². The molecule has 0 aliphatic rings. The lowest BCUT2D eigenvalue weighted by molar-refractivity contribution is 0.102. The molecule has 3 amide bonds. The van der Waals surface area contributed by atoms with Crippen LogP contribution in [0.4, 0.5) is 16.2 Å². The van der Waals surface area contributed by atoms with E-state index in [2.05, 4.69) is 25.9 Å². The second-order valence-electron chi connectivity index (χ2n) is 6.30. The molecule has 0 atom stereocenters. The van der Waals surface area contributed by atoms with E-state index in [9.17, 15) is 9.59 Å². The monoisotopic (exact) mass is 363 g/mol. The molecule has 3 rings (SSSR count). The number of rotatable bonds is 5.